The van der Waals surface area contributed by atoms with Gasteiger partial charge >= 0.3 is 0 Å². The molecule has 0 radical (unpaired) electrons. The highest BCUT2D eigenvalue weighted by Gasteiger charge is 2.06. The van der Waals surface area contributed by atoms with Crippen LogP contribution in [-0.4, -0.2) is 13.7 Å². The van der Waals surface area contributed by atoms with Crippen molar-refractivity contribution < 1.29 is 9.13 Å². The van der Waals surface area contributed by atoms with Crippen LogP contribution in [0.4, 0.5) is 10.1 Å². The molecule has 0 saturated heterocycles. The van der Waals surface area contributed by atoms with Crippen molar-refractivity contribution in [2.75, 3.05) is 19.0 Å². The standard InChI is InChI=1S/C13H18FNO/c1-3-4-5-6-10-16-12-9-7-8-11(15-2)13(12)14/h4-5,7-9,15H,3,6,10H2,1-2H3. The Kier molecular flexibility index (Phi) is 5.40. The molecule has 88 valence electrons. The van der Waals surface area contributed by atoms with Crippen LogP contribution in [0.5, 0.6) is 5.75 Å². The van der Waals surface area contributed by atoms with E-state index in [1.54, 1.807) is 25.2 Å². The topological polar surface area (TPSA) is 21.3 Å². The van der Waals surface area contributed by atoms with E-state index in [1.165, 1.54) is 0 Å². The highest BCUT2D eigenvalue weighted by molar-refractivity contribution is 5.49. The number of anilines is 1. The van der Waals surface area contributed by atoms with Crippen LogP contribution in [0.25, 0.3) is 0 Å². The van der Waals surface area contributed by atoms with Crippen LogP contribution in [0.2, 0.25) is 0 Å². The first-order valence-electron chi connectivity index (χ1n) is 5.53. The first kappa shape index (κ1) is 12.6. The molecular formula is C13H18FNO. The SMILES string of the molecule is CCC=CCCOc1cccc(NC)c1F. The van der Waals surface area contributed by atoms with Crippen molar-refractivity contribution in [3.8, 4) is 5.75 Å². The van der Waals surface area contributed by atoms with E-state index in [2.05, 4.69) is 18.3 Å². The molecule has 1 N–H and O–H groups in total. The number of rotatable bonds is 6. The molecule has 1 rings (SSSR count). The minimum Gasteiger partial charge on any atom is -0.490 e. The predicted molar refractivity (Wildman–Crippen MR) is 65.5 cm³/mol. The van der Waals surface area contributed by atoms with Gasteiger partial charge in [-0.2, -0.15) is 0 Å². The van der Waals surface area contributed by atoms with Gasteiger partial charge in [0.05, 0.1) is 12.3 Å². The number of benzene rings is 1. The molecule has 0 bridgehead atoms. The molecule has 16 heavy (non-hydrogen) atoms. The van der Waals surface area contributed by atoms with Crippen molar-refractivity contribution in [1.82, 2.24) is 0 Å². The fourth-order valence-electron chi connectivity index (χ4n) is 1.34. The van der Waals surface area contributed by atoms with E-state index >= 15 is 0 Å². The Morgan fingerprint density at radius 3 is 2.88 bits per heavy atom. The molecule has 0 heterocycles. The van der Waals surface area contributed by atoms with Crippen LogP contribution in [0.3, 0.4) is 0 Å². The van der Waals surface area contributed by atoms with E-state index in [0.29, 0.717) is 18.0 Å². The molecule has 1 aromatic rings. The Labute approximate surface area is 96.1 Å². The van der Waals surface area contributed by atoms with Gasteiger partial charge in [0.2, 0.25) is 0 Å². The highest BCUT2D eigenvalue weighted by Crippen LogP contribution is 2.23. The van der Waals surface area contributed by atoms with Gasteiger partial charge in [0.1, 0.15) is 0 Å². The van der Waals surface area contributed by atoms with Crippen molar-refractivity contribution >= 4 is 5.69 Å². The van der Waals surface area contributed by atoms with Gasteiger partial charge < -0.3 is 10.1 Å². The largest absolute Gasteiger partial charge is 0.490 e. The average molecular weight is 223 g/mol. The molecule has 1 aromatic carbocycles. The molecular weight excluding hydrogens is 205 g/mol. The van der Waals surface area contributed by atoms with Crippen molar-refractivity contribution in [2.24, 2.45) is 0 Å². The number of nitrogens with one attached hydrogen (secondary N) is 1. The molecule has 0 atom stereocenters. The Hall–Kier alpha value is -1.51. The minimum atomic E-state index is -0.329. The summed E-state index contributed by atoms with van der Waals surface area (Å²) < 4.78 is 19.0. The van der Waals surface area contributed by atoms with Crippen LogP contribution in [-0.2, 0) is 0 Å². The molecule has 0 spiro atoms. The summed E-state index contributed by atoms with van der Waals surface area (Å²) >= 11 is 0. The first-order valence-corrected chi connectivity index (χ1v) is 5.53. The monoisotopic (exact) mass is 223 g/mol. The molecule has 0 saturated carbocycles. The van der Waals surface area contributed by atoms with Crippen molar-refractivity contribution in [3.05, 3.63) is 36.2 Å². The summed E-state index contributed by atoms with van der Waals surface area (Å²) in [5.41, 5.74) is 0.460. The quantitative estimate of drug-likeness (QED) is 0.587. The molecule has 2 nitrogen and oxygen atoms in total. The average Bonchev–Trinajstić information content (AvgIpc) is 2.31. The summed E-state index contributed by atoms with van der Waals surface area (Å²) in [4.78, 5) is 0. The molecule has 0 aliphatic heterocycles. The lowest BCUT2D eigenvalue weighted by Crippen LogP contribution is -2.00. The number of hydrogen-bond acceptors (Lipinski definition) is 2. The third kappa shape index (κ3) is 3.57. The maximum atomic E-state index is 13.6. The minimum absolute atomic E-state index is 0.303. The van der Waals surface area contributed by atoms with Crippen LogP contribution in [0.1, 0.15) is 19.8 Å². The van der Waals surface area contributed by atoms with Gasteiger partial charge in [0.25, 0.3) is 0 Å². The van der Waals surface area contributed by atoms with Gasteiger partial charge in [-0.15, -0.1) is 0 Å². The van der Waals surface area contributed by atoms with Gasteiger partial charge in [-0.1, -0.05) is 25.1 Å². The summed E-state index contributed by atoms with van der Waals surface area (Å²) in [6.45, 7) is 2.58. The maximum absolute atomic E-state index is 13.6. The zero-order valence-corrected chi connectivity index (χ0v) is 9.79. The Morgan fingerprint density at radius 1 is 1.38 bits per heavy atom. The van der Waals surface area contributed by atoms with Crippen molar-refractivity contribution in [3.63, 3.8) is 0 Å². The van der Waals surface area contributed by atoms with Gasteiger partial charge in [-0.25, -0.2) is 4.39 Å². The highest BCUT2D eigenvalue weighted by atomic mass is 19.1. The number of ether oxygens (including phenoxy) is 1. The van der Waals surface area contributed by atoms with E-state index in [4.69, 9.17) is 4.74 Å². The Morgan fingerprint density at radius 2 is 2.19 bits per heavy atom. The van der Waals surface area contributed by atoms with Crippen molar-refractivity contribution in [2.45, 2.75) is 19.8 Å². The summed E-state index contributed by atoms with van der Waals surface area (Å²) in [6.07, 6.45) is 5.93. The summed E-state index contributed by atoms with van der Waals surface area (Å²) in [6, 6.07) is 5.09. The second-order valence-electron chi connectivity index (χ2n) is 3.38. The van der Waals surface area contributed by atoms with Crippen LogP contribution in [0.15, 0.2) is 30.4 Å². The van der Waals surface area contributed by atoms with Crippen LogP contribution >= 0.6 is 0 Å². The molecule has 0 aliphatic carbocycles. The lowest BCUT2D eigenvalue weighted by molar-refractivity contribution is 0.308. The fourth-order valence-corrected chi connectivity index (χ4v) is 1.34. The first-order chi connectivity index (χ1) is 7.79. The normalized spacial score (nSPS) is 10.7. The van der Waals surface area contributed by atoms with Gasteiger partial charge in [0.15, 0.2) is 11.6 Å². The number of allylic oxidation sites excluding steroid dienone is 1. The van der Waals surface area contributed by atoms with Gasteiger partial charge in [0, 0.05) is 7.05 Å². The molecule has 0 aliphatic rings. The lowest BCUT2D eigenvalue weighted by Gasteiger charge is -2.08. The molecule has 0 amide bonds. The zero-order valence-electron chi connectivity index (χ0n) is 9.79. The van der Waals surface area contributed by atoms with Crippen LogP contribution < -0.4 is 10.1 Å². The third-order valence-electron chi connectivity index (χ3n) is 2.18. The summed E-state index contributed by atoms with van der Waals surface area (Å²) in [5, 5.41) is 2.78. The number of hydrogen-bond donors (Lipinski definition) is 1. The van der Waals surface area contributed by atoms with E-state index < -0.39 is 0 Å². The van der Waals surface area contributed by atoms with E-state index in [9.17, 15) is 4.39 Å². The Balaban J connectivity index is 2.50. The van der Waals surface area contributed by atoms with Crippen LogP contribution in [0, 0.1) is 5.82 Å². The smallest absolute Gasteiger partial charge is 0.188 e. The summed E-state index contributed by atoms with van der Waals surface area (Å²) in [5.74, 6) is -0.0266. The predicted octanol–water partition coefficient (Wildman–Crippen LogP) is 3.60. The van der Waals surface area contributed by atoms with E-state index in [-0.39, 0.29) is 5.82 Å². The lowest BCUT2D eigenvalue weighted by atomic mass is 10.3. The molecule has 0 fully saturated rings. The number of halogens is 1. The second kappa shape index (κ2) is 6.88. The Bertz CT molecular complexity index is 350. The van der Waals surface area contributed by atoms with Gasteiger partial charge in [-0.3, -0.25) is 0 Å². The fraction of sp³-hybridized carbons (Fsp3) is 0.385. The zero-order chi connectivity index (χ0) is 11.8. The third-order valence-corrected chi connectivity index (χ3v) is 2.18. The van der Waals surface area contributed by atoms with Crippen molar-refractivity contribution in [1.29, 1.82) is 0 Å². The second-order valence-corrected chi connectivity index (χ2v) is 3.38. The maximum Gasteiger partial charge on any atom is 0.188 e. The molecule has 3 heteroatoms. The van der Waals surface area contributed by atoms with E-state index in [0.717, 1.165) is 12.8 Å². The molecule has 0 unspecified atom stereocenters. The summed E-state index contributed by atoms with van der Waals surface area (Å²) in [7, 11) is 1.69. The molecule has 0 aromatic heterocycles. The van der Waals surface area contributed by atoms with E-state index in [1.807, 2.05) is 6.08 Å². The van der Waals surface area contributed by atoms with Gasteiger partial charge in [-0.05, 0) is 25.0 Å².